The average molecular weight is 336 g/mol. The molecule has 0 amide bonds. The van der Waals surface area contributed by atoms with Crippen LogP contribution < -0.4 is 5.32 Å². The normalized spacial score (nSPS) is 24.3. The first-order valence-electron chi connectivity index (χ1n) is 6.51. The summed E-state index contributed by atoms with van der Waals surface area (Å²) in [6.07, 6.45) is -0.0553. The van der Waals surface area contributed by atoms with Crippen molar-refractivity contribution in [1.82, 2.24) is 0 Å². The highest BCUT2D eigenvalue weighted by molar-refractivity contribution is 9.10. The molecule has 0 spiro atoms. The van der Waals surface area contributed by atoms with E-state index < -0.39 is 11.7 Å². The average Bonchev–Trinajstić information content (AvgIpc) is 2.30. The summed E-state index contributed by atoms with van der Waals surface area (Å²) in [7, 11) is 0. The number of halogens is 4. The molecule has 1 nitrogen and oxygen atoms in total. The zero-order chi connectivity index (χ0) is 14.0. The van der Waals surface area contributed by atoms with Gasteiger partial charge in [0.15, 0.2) is 0 Å². The van der Waals surface area contributed by atoms with E-state index in [4.69, 9.17) is 0 Å². The standard InChI is InChI=1S/C14H17BrF3N/c1-9-4-2-3-5-12(9)19-13-8-10(15)6-7-11(13)14(16,17)18/h6-9,12,19H,2-5H2,1H3. The fourth-order valence-corrected chi connectivity index (χ4v) is 2.97. The molecule has 2 unspecified atom stereocenters. The molecule has 2 atom stereocenters. The van der Waals surface area contributed by atoms with Crippen molar-refractivity contribution >= 4 is 21.6 Å². The Morgan fingerprint density at radius 1 is 1.21 bits per heavy atom. The predicted octanol–water partition coefficient (Wildman–Crippen LogP) is 5.46. The smallest absolute Gasteiger partial charge is 0.382 e. The van der Waals surface area contributed by atoms with E-state index in [-0.39, 0.29) is 11.7 Å². The second-order valence-corrected chi connectivity index (χ2v) is 6.12. The second-order valence-electron chi connectivity index (χ2n) is 5.20. The Hall–Kier alpha value is -0.710. The first-order valence-corrected chi connectivity index (χ1v) is 7.30. The molecule has 1 aliphatic rings. The predicted molar refractivity (Wildman–Crippen MR) is 74.2 cm³/mol. The molecule has 1 fully saturated rings. The first kappa shape index (κ1) is 14.7. The molecule has 1 aromatic carbocycles. The van der Waals surface area contributed by atoms with Gasteiger partial charge in [0.05, 0.1) is 5.56 Å². The van der Waals surface area contributed by atoms with Gasteiger partial charge < -0.3 is 5.32 Å². The number of hydrogen-bond acceptors (Lipinski definition) is 1. The Morgan fingerprint density at radius 2 is 1.89 bits per heavy atom. The number of hydrogen-bond donors (Lipinski definition) is 1. The van der Waals surface area contributed by atoms with Crippen molar-refractivity contribution in [3.8, 4) is 0 Å². The third kappa shape index (κ3) is 3.65. The Bertz CT molecular complexity index is 445. The van der Waals surface area contributed by atoms with Gasteiger partial charge in [-0.2, -0.15) is 13.2 Å². The number of rotatable bonds is 2. The molecule has 1 N–H and O–H groups in total. The molecule has 2 rings (SSSR count). The zero-order valence-electron chi connectivity index (χ0n) is 10.7. The topological polar surface area (TPSA) is 12.0 Å². The lowest BCUT2D eigenvalue weighted by Gasteiger charge is -2.31. The first-order chi connectivity index (χ1) is 8.88. The van der Waals surface area contributed by atoms with Crippen LogP contribution in [0.25, 0.3) is 0 Å². The summed E-state index contributed by atoms with van der Waals surface area (Å²) in [4.78, 5) is 0. The van der Waals surface area contributed by atoms with Gasteiger partial charge in [0, 0.05) is 16.2 Å². The van der Waals surface area contributed by atoms with E-state index in [9.17, 15) is 13.2 Å². The van der Waals surface area contributed by atoms with E-state index in [2.05, 4.69) is 28.2 Å². The van der Waals surface area contributed by atoms with Gasteiger partial charge in [-0.05, 0) is 37.0 Å². The minimum absolute atomic E-state index is 0.129. The van der Waals surface area contributed by atoms with Crippen molar-refractivity contribution in [1.29, 1.82) is 0 Å². The fraction of sp³-hybridized carbons (Fsp3) is 0.571. The summed E-state index contributed by atoms with van der Waals surface area (Å²) in [5.74, 6) is 0.411. The summed E-state index contributed by atoms with van der Waals surface area (Å²) >= 11 is 3.24. The number of alkyl halides is 3. The molecule has 19 heavy (non-hydrogen) atoms. The largest absolute Gasteiger partial charge is 0.418 e. The molecule has 1 saturated carbocycles. The summed E-state index contributed by atoms with van der Waals surface area (Å²) in [6.45, 7) is 2.10. The molecule has 1 aromatic rings. The van der Waals surface area contributed by atoms with Crippen molar-refractivity contribution < 1.29 is 13.2 Å². The van der Waals surface area contributed by atoms with Crippen LogP contribution in [0.1, 0.15) is 38.2 Å². The molecule has 0 aliphatic heterocycles. The highest BCUT2D eigenvalue weighted by atomic mass is 79.9. The van der Waals surface area contributed by atoms with Gasteiger partial charge in [-0.3, -0.25) is 0 Å². The van der Waals surface area contributed by atoms with Gasteiger partial charge in [-0.25, -0.2) is 0 Å². The molecule has 5 heteroatoms. The van der Waals surface area contributed by atoms with Gasteiger partial charge in [-0.15, -0.1) is 0 Å². The summed E-state index contributed by atoms with van der Waals surface area (Å²) in [5.41, 5.74) is -0.408. The molecule has 0 saturated heterocycles. The van der Waals surface area contributed by atoms with E-state index >= 15 is 0 Å². The number of benzene rings is 1. The third-order valence-corrected chi connectivity index (χ3v) is 4.23. The van der Waals surface area contributed by atoms with E-state index in [0.29, 0.717) is 10.4 Å². The highest BCUT2D eigenvalue weighted by Gasteiger charge is 2.34. The highest BCUT2D eigenvalue weighted by Crippen LogP contribution is 2.38. The fourth-order valence-electron chi connectivity index (χ4n) is 2.61. The van der Waals surface area contributed by atoms with Gasteiger partial charge in [0.25, 0.3) is 0 Å². The number of nitrogens with one attached hydrogen (secondary N) is 1. The summed E-state index contributed by atoms with van der Waals surface area (Å²) in [6, 6.07) is 4.20. The molecule has 106 valence electrons. The molecular formula is C14H17BrF3N. The van der Waals surface area contributed by atoms with Crippen LogP contribution in [0.15, 0.2) is 22.7 Å². The van der Waals surface area contributed by atoms with Crippen molar-refractivity contribution in [3.63, 3.8) is 0 Å². The maximum Gasteiger partial charge on any atom is 0.418 e. The van der Waals surface area contributed by atoms with Gasteiger partial charge in [0.1, 0.15) is 0 Å². The monoisotopic (exact) mass is 335 g/mol. The van der Waals surface area contributed by atoms with Crippen LogP contribution in [0, 0.1) is 5.92 Å². The molecule has 1 aliphatic carbocycles. The van der Waals surface area contributed by atoms with Crippen LogP contribution in [-0.4, -0.2) is 6.04 Å². The molecule has 0 heterocycles. The SMILES string of the molecule is CC1CCCCC1Nc1cc(Br)ccc1C(F)(F)F. The Kier molecular flexibility index (Phi) is 4.43. The third-order valence-electron chi connectivity index (χ3n) is 3.74. The quantitative estimate of drug-likeness (QED) is 0.756. The molecular weight excluding hydrogens is 319 g/mol. The van der Waals surface area contributed by atoms with Gasteiger partial charge in [-0.1, -0.05) is 35.7 Å². The van der Waals surface area contributed by atoms with Crippen molar-refractivity contribution in [2.24, 2.45) is 5.92 Å². The molecule has 0 aromatic heterocycles. The lowest BCUT2D eigenvalue weighted by molar-refractivity contribution is -0.137. The van der Waals surface area contributed by atoms with Crippen LogP contribution in [0.2, 0.25) is 0 Å². The Labute approximate surface area is 119 Å². The van der Waals surface area contributed by atoms with E-state index in [1.165, 1.54) is 18.6 Å². The van der Waals surface area contributed by atoms with Crippen molar-refractivity contribution in [3.05, 3.63) is 28.2 Å². The van der Waals surface area contributed by atoms with E-state index in [1.807, 2.05) is 0 Å². The zero-order valence-corrected chi connectivity index (χ0v) is 12.3. The Balaban J connectivity index is 2.25. The lowest BCUT2D eigenvalue weighted by Crippen LogP contribution is -2.31. The maximum atomic E-state index is 13.0. The van der Waals surface area contributed by atoms with Gasteiger partial charge >= 0.3 is 6.18 Å². The lowest BCUT2D eigenvalue weighted by atomic mass is 9.85. The Morgan fingerprint density at radius 3 is 2.53 bits per heavy atom. The minimum atomic E-state index is -4.32. The van der Waals surface area contributed by atoms with E-state index in [1.54, 1.807) is 0 Å². The van der Waals surface area contributed by atoms with Crippen molar-refractivity contribution in [2.75, 3.05) is 5.32 Å². The molecule has 0 radical (unpaired) electrons. The van der Waals surface area contributed by atoms with Gasteiger partial charge in [0.2, 0.25) is 0 Å². The van der Waals surface area contributed by atoms with E-state index in [0.717, 1.165) is 25.3 Å². The van der Waals surface area contributed by atoms with Crippen LogP contribution in [0.5, 0.6) is 0 Å². The van der Waals surface area contributed by atoms with Crippen LogP contribution in [-0.2, 0) is 6.18 Å². The van der Waals surface area contributed by atoms with Crippen molar-refractivity contribution in [2.45, 2.75) is 44.8 Å². The number of anilines is 1. The molecule has 0 bridgehead atoms. The maximum absolute atomic E-state index is 13.0. The van der Waals surface area contributed by atoms with Crippen LogP contribution >= 0.6 is 15.9 Å². The second kappa shape index (κ2) is 5.73. The summed E-state index contributed by atoms with van der Waals surface area (Å²) in [5, 5.41) is 3.10. The minimum Gasteiger partial charge on any atom is -0.382 e. The summed E-state index contributed by atoms with van der Waals surface area (Å²) < 4.78 is 39.6. The van der Waals surface area contributed by atoms with Crippen LogP contribution in [0.3, 0.4) is 0 Å². The van der Waals surface area contributed by atoms with Crippen LogP contribution in [0.4, 0.5) is 18.9 Å².